The highest BCUT2D eigenvalue weighted by Crippen LogP contribution is 2.29. The minimum absolute atomic E-state index is 0.0109. The zero-order valence-electron chi connectivity index (χ0n) is 11.5. The molecule has 2 aromatic heterocycles. The van der Waals surface area contributed by atoms with Crippen LogP contribution in [0.25, 0.3) is 5.78 Å². The van der Waals surface area contributed by atoms with Crippen LogP contribution in [0.4, 0.5) is 5.82 Å². The summed E-state index contributed by atoms with van der Waals surface area (Å²) in [5, 5.41) is 8.69. The molecule has 0 saturated heterocycles. The van der Waals surface area contributed by atoms with Crippen molar-refractivity contribution in [1.82, 2.24) is 19.6 Å². The van der Waals surface area contributed by atoms with E-state index in [4.69, 9.17) is 23.2 Å². The zero-order valence-corrected chi connectivity index (χ0v) is 13.0. The fourth-order valence-corrected chi connectivity index (χ4v) is 2.64. The van der Waals surface area contributed by atoms with Gasteiger partial charge in [-0.25, -0.2) is 0 Å². The monoisotopic (exact) mass is 321 g/mol. The van der Waals surface area contributed by atoms with Gasteiger partial charge in [-0.2, -0.15) is 19.6 Å². The predicted octanol–water partition coefficient (Wildman–Crippen LogP) is 3.91. The van der Waals surface area contributed by atoms with Crippen molar-refractivity contribution < 1.29 is 0 Å². The molecule has 0 aliphatic heterocycles. The van der Waals surface area contributed by atoms with Crippen molar-refractivity contribution in [2.24, 2.45) is 0 Å². The molecule has 5 nitrogen and oxygen atoms in total. The second kappa shape index (κ2) is 5.50. The lowest BCUT2D eigenvalue weighted by atomic mass is 10.1. The fourth-order valence-electron chi connectivity index (χ4n) is 2.18. The molecule has 3 rings (SSSR count). The first-order chi connectivity index (χ1) is 10.1. The molecule has 21 heavy (non-hydrogen) atoms. The van der Waals surface area contributed by atoms with Gasteiger partial charge in [-0.05, 0) is 25.5 Å². The molecule has 0 aliphatic carbocycles. The van der Waals surface area contributed by atoms with E-state index in [1.165, 1.54) is 6.33 Å². The van der Waals surface area contributed by atoms with Gasteiger partial charge in [0, 0.05) is 10.6 Å². The summed E-state index contributed by atoms with van der Waals surface area (Å²) in [5.74, 6) is 1.22. The predicted molar refractivity (Wildman–Crippen MR) is 84.0 cm³/mol. The number of nitrogens with one attached hydrogen (secondary N) is 1. The first-order valence-corrected chi connectivity index (χ1v) is 7.20. The standard InChI is InChI=1S/C14H13Cl2N5/c1-8-12(16)20-14-17-7-18-21(14)13(8)19-9(2)10-5-3-4-6-11(10)15/h3-7,9,19H,1-2H3. The molecule has 1 N–H and O–H groups in total. The van der Waals surface area contributed by atoms with Gasteiger partial charge in [-0.3, -0.25) is 0 Å². The van der Waals surface area contributed by atoms with Crippen LogP contribution in [0.2, 0.25) is 10.2 Å². The van der Waals surface area contributed by atoms with Gasteiger partial charge in [0.15, 0.2) is 0 Å². The molecule has 2 heterocycles. The summed E-state index contributed by atoms with van der Waals surface area (Å²) in [6.07, 6.45) is 1.45. The maximum absolute atomic E-state index is 6.24. The SMILES string of the molecule is Cc1c(Cl)nc2ncnn2c1NC(C)c1ccccc1Cl. The number of hydrogen-bond donors (Lipinski definition) is 1. The Morgan fingerprint density at radius 3 is 2.76 bits per heavy atom. The maximum Gasteiger partial charge on any atom is 0.255 e. The van der Waals surface area contributed by atoms with Crippen molar-refractivity contribution in [1.29, 1.82) is 0 Å². The minimum Gasteiger partial charge on any atom is -0.363 e. The molecule has 0 spiro atoms. The van der Waals surface area contributed by atoms with Crippen LogP contribution >= 0.6 is 23.2 Å². The molecule has 3 aromatic rings. The van der Waals surface area contributed by atoms with Gasteiger partial charge in [-0.1, -0.05) is 41.4 Å². The van der Waals surface area contributed by atoms with E-state index in [-0.39, 0.29) is 6.04 Å². The third kappa shape index (κ3) is 2.54. The largest absolute Gasteiger partial charge is 0.363 e. The van der Waals surface area contributed by atoms with Crippen LogP contribution in [0.3, 0.4) is 0 Å². The highest BCUT2D eigenvalue weighted by molar-refractivity contribution is 6.31. The lowest BCUT2D eigenvalue weighted by Crippen LogP contribution is -2.13. The minimum atomic E-state index is -0.0109. The van der Waals surface area contributed by atoms with E-state index in [1.54, 1.807) is 4.52 Å². The zero-order chi connectivity index (χ0) is 15.0. The number of hydrogen-bond acceptors (Lipinski definition) is 4. The molecule has 7 heteroatoms. The molecule has 108 valence electrons. The van der Waals surface area contributed by atoms with E-state index in [0.29, 0.717) is 16.0 Å². The smallest absolute Gasteiger partial charge is 0.255 e. The number of fused-ring (bicyclic) bond motifs is 1. The maximum atomic E-state index is 6.24. The van der Waals surface area contributed by atoms with E-state index >= 15 is 0 Å². The van der Waals surface area contributed by atoms with Gasteiger partial charge in [-0.15, -0.1) is 0 Å². The number of anilines is 1. The number of halogens is 2. The van der Waals surface area contributed by atoms with Crippen LogP contribution in [0.5, 0.6) is 0 Å². The van der Waals surface area contributed by atoms with Crippen LogP contribution in [0.15, 0.2) is 30.6 Å². The molecular weight excluding hydrogens is 309 g/mol. The Hall–Kier alpha value is -1.85. The van der Waals surface area contributed by atoms with Crippen molar-refractivity contribution in [2.75, 3.05) is 5.32 Å². The van der Waals surface area contributed by atoms with Crippen molar-refractivity contribution in [3.8, 4) is 0 Å². The Bertz CT molecular complexity index is 799. The molecule has 0 amide bonds. The van der Waals surface area contributed by atoms with Gasteiger partial charge >= 0.3 is 0 Å². The summed E-state index contributed by atoms with van der Waals surface area (Å²) in [7, 11) is 0. The Labute approximate surface area is 131 Å². The molecule has 1 unspecified atom stereocenters. The van der Waals surface area contributed by atoms with Crippen molar-refractivity contribution in [2.45, 2.75) is 19.9 Å². The van der Waals surface area contributed by atoms with Crippen molar-refractivity contribution >= 4 is 34.8 Å². The van der Waals surface area contributed by atoms with Gasteiger partial charge in [0.25, 0.3) is 5.78 Å². The first-order valence-electron chi connectivity index (χ1n) is 6.44. The molecule has 0 bridgehead atoms. The lowest BCUT2D eigenvalue weighted by Gasteiger charge is -2.19. The van der Waals surface area contributed by atoms with Crippen LogP contribution in [-0.2, 0) is 0 Å². The van der Waals surface area contributed by atoms with Crippen LogP contribution in [0.1, 0.15) is 24.1 Å². The normalized spacial score (nSPS) is 12.6. The molecule has 1 atom stereocenters. The van der Waals surface area contributed by atoms with Gasteiger partial charge in [0.1, 0.15) is 17.3 Å². The second-order valence-electron chi connectivity index (χ2n) is 4.74. The highest BCUT2D eigenvalue weighted by Gasteiger charge is 2.16. The summed E-state index contributed by atoms with van der Waals surface area (Å²) >= 11 is 12.4. The van der Waals surface area contributed by atoms with E-state index in [2.05, 4.69) is 20.4 Å². The van der Waals surface area contributed by atoms with E-state index in [9.17, 15) is 0 Å². The highest BCUT2D eigenvalue weighted by atomic mass is 35.5. The van der Waals surface area contributed by atoms with Crippen LogP contribution in [-0.4, -0.2) is 19.6 Å². The number of nitrogens with zero attached hydrogens (tertiary/aromatic N) is 4. The molecule has 1 aromatic carbocycles. The Morgan fingerprint density at radius 1 is 1.24 bits per heavy atom. The molecule has 0 fully saturated rings. The summed E-state index contributed by atoms with van der Waals surface area (Å²) < 4.78 is 1.63. The Balaban J connectivity index is 2.04. The Kier molecular flexibility index (Phi) is 3.69. The van der Waals surface area contributed by atoms with Gasteiger partial charge in [0.2, 0.25) is 0 Å². The van der Waals surface area contributed by atoms with Crippen LogP contribution in [0, 0.1) is 6.92 Å². The lowest BCUT2D eigenvalue weighted by molar-refractivity contribution is 0.835. The Morgan fingerprint density at radius 2 is 2.00 bits per heavy atom. The molecular formula is C14H13Cl2N5. The van der Waals surface area contributed by atoms with E-state index in [1.807, 2.05) is 38.1 Å². The number of aromatic nitrogens is 4. The fraction of sp³-hybridized carbons (Fsp3) is 0.214. The summed E-state index contributed by atoms with van der Waals surface area (Å²) in [6, 6.07) is 7.70. The second-order valence-corrected chi connectivity index (χ2v) is 5.50. The van der Waals surface area contributed by atoms with E-state index < -0.39 is 0 Å². The van der Waals surface area contributed by atoms with Gasteiger partial charge < -0.3 is 5.32 Å². The third-order valence-corrected chi connectivity index (χ3v) is 4.04. The number of benzene rings is 1. The first kappa shape index (κ1) is 14.1. The van der Waals surface area contributed by atoms with Gasteiger partial charge in [0.05, 0.1) is 6.04 Å². The summed E-state index contributed by atoms with van der Waals surface area (Å²) in [6.45, 7) is 3.91. The molecule has 0 saturated carbocycles. The van der Waals surface area contributed by atoms with Crippen LogP contribution < -0.4 is 5.32 Å². The average Bonchev–Trinajstić information content (AvgIpc) is 2.92. The molecule has 0 radical (unpaired) electrons. The average molecular weight is 322 g/mol. The summed E-state index contributed by atoms with van der Waals surface area (Å²) in [5.41, 5.74) is 1.81. The quantitative estimate of drug-likeness (QED) is 0.743. The van der Waals surface area contributed by atoms with E-state index in [0.717, 1.165) is 16.9 Å². The number of rotatable bonds is 3. The topological polar surface area (TPSA) is 55.1 Å². The summed E-state index contributed by atoms with van der Waals surface area (Å²) in [4.78, 5) is 8.25. The third-order valence-electron chi connectivity index (χ3n) is 3.33. The molecule has 0 aliphatic rings. The van der Waals surface area contributed by atoms with Crippen molar-refractivity contribution in [3.63, 3.8) is 0 Å². The van der Waals surface area contributed by atoms with Crippen molar-refractivity contribution in [3.05, 3.63) is 51.9 Å².